The summed E-state index contributed by atoms with van der Waals surface area (Å²) in [5.74, 6) is -2.37. The Morgan fingerprint density at radius 1 is 1.50 bits per heavy atom. The topological polar surface area (TPSA) is 95.9 Å². The van der Waals surface area contributed by atoms with E-state index in [4.69, 9.17) is 9.84 Å². The molecule has 3 unspecified atom stereocenters. The third-order valence-corrected chi connectivity index (χ3v) is 3.66. The third kappa shape index (κ3) is 4.19. The van der Waals surface area contributed by atoms with Crippen LogP contribution in [-0.2, 0) is 19.1 Å². The van der Waals surface area contributed by atoms with Crippen molar-refractivity contribution >= 4 is 17.8 Å². The molecule has 1 saturated heterocycles. The van der Waals surface area contributed by atoms with Crippen LogP contribution in [0.25, 0.3) is 0 Å². The van der Waals surface area contributed by atoms with E-state index in [1.165, 1.54) is 6.92 Å². The molecule has 1 heterocycles. The second-order valence-electron chi connectivity index (χ2n) is 5.16. The second kappa shape index (κ2) is 7.23. The Balaban J connectivity index is 2.49. The molecule has 1 fully saturated rings. The lowest BCUT2D eigenvalue weighted by Crippen LogP contribution is -2.43. The number of likely N-dealkylation sites (tertiary alicyclic amines) is 1. The lowest BCUT2D eigenvalue weighted by molar-refractivity contribution is -0.142. The lowest BCUT2D eigenvalue weighted by Gasteiger charge is -2.20. The first-order valence-corrected chi connectivity index (χ1v) is 6.66. The molecule has 0 saturated carbocycles. The van der Waals surface area contributed by atoms with Crippen molar-refractivity contribution in [3.8, 4) is 0 Å². The minimum Gasteiger partial charge on any atom is -0.481 e. The zero-order chi connectivity index (χ0) is 15.3. The van der Waals surface area contributed by atoms with Gasteiger partial charge in [-0.2, -0.15) is 0 Å². The van der Waals surface area contributed by atoms with E-state index in [1.54, 1.807) is 18.9 Å². The number of methoxy groups -OCH3 is 1. The van der Waals surface area contributed by atoms with Gasteiger partial charge >= 0.3 is 5.97 Å². The molecule has 0 bridgehead atoms. The van der Waals surface area contributed by atoms with Crippen molar-refractivity contribution < 1.29 is 24.2 Å². The minimum atomic E-state index is -0.956. The molecule has 0 aromatic heterocycles. The van der Waals surface area contributed by atoms with Crippen LogP contribution in [0.2, 0.25) is 0 Å². The van der Waals surface area contributed by atoms with Crippen LogP contribution in [0.15, 0.2) is 0 Å². The number of hydrogen-bond donors (Lipinski definition) is 2. The van der Waals surface area contributed by atoms with Crippen molar-refractivity contribution in [3.05, 3.63) is 0 Å². The Bertz CT molecular complexity index is 385. The second-order valence-corrected chi connectivity index (χ2v) is 5.16. The summed E-state index contributed by atoms with van der Waals surface area (Å²) in [5, 5.41) is 11.6. The van der Waals surface area contributed by atoms with Gasteiger partial charge in [0.25, 0.3) is 0 Å². The SMILES string of the molecule is COCCN1CC(C(=O)NC(C)C(C)C(=O)O)CC1=O. The fourth-order valence-electron chi connectivity index (χ4n) is 2.05. The number of ether oxygens (including phenoxy) is 1. The molecule has 3 atom stereocenters. The van der Waals surface area contributed by atoms with Crippen molar-refractivity contribution in [1.82, 2.24) is 10.2 Å². The van der Waals surface area contributed by atoms with E-state index in [0.717, 1.165) is 0 Å². The van der Waals surface area contributed by atoms with Gasteiger partial charge in [-0.1, -0.05) is 0 Å². The fourth-order valence-corrected chi connectivity index (χ4v) is 2.05. The standard InChI is InChI=1S/C13H22N2O5/c1-8(13(18)19)9(2)14-12(17)10-6-11(16)15(7-10)4-5-20-3/h8-10H,4-7H2,1-3H3,(H,14,17)(H,18,19). The maximum Gasteiger partial charge on any atom is 0.308 e. The van der Waals surface area contributed by atoms with Crippen LogP contribution in [-0.4, -0.2) is 60.6 Å². The van der Waals surface area contributed by atoms with Crippen LogP contribution in [0.1, 0.15) is 20.3 Å². The first kappa shape index (κ1) is 16.4. The largest absolute Gasteiger partial charge is 0.481 e. The number of hydrogen-bond acceptors (Lipinski definition) is 4. The number of nitrogens with zero attached hydrogens (tertiary/aromatic N) is 1. The van der Waals surface area contributed by atoms with Gasteiger partial charge < -0.3 is 20.1 Å². The summed E-state index contributed by atoms with van der Waals surface area (Å²) in [5.41, 5.74) is 0. The summed E-state index contributed by atoms with van der Waals surface area (Å²) in [6.07, 6.45) is 0.170. The molecule has 0 radical (unpaired) electrons. The van der Waals surface area contributed by atoms with Gasteiger partial charge in [-0.15, -0.1) is 0 Å². The van der Waals surface area contributed by atoms with Crippen molar-refractivity contribution in [2.75, 3.05) is 26.8 Å². The van der Waals surface area contributed by atoms with Crippen molar-refractivity contribution in [2.45, 2.75) is 26.3 Å². The maximum atomic E-state index is 12.0. The quantitative estimate of drug-likeness (QED) is 0.670. The normalized spacial score (nSPS) is 21.6. The van der Waals surface area contributed by atoms with Crippen LogP contribution in [0, 0.1) is 11.8 Å². The van der Waals surface area contributed by atoms with Crippen LogP contribution in [0.4, 0.5) is 0 Å². The average molecular weight is 286 g/mol. The van der Waals surface area contributed by atoms with Crippen LogP contribution in [0.5, 0.6) is 0 Å². The summed E-state index contributed by atoms with van der Waals surface area (Å²) < 4.78 is 4.91. The van der Waals surface area contributed by atoms with Gasteiger partial charge in [0.15, 0.2) is 0 Å². The summed E-state index contributed by atoms with van der Waals surface area (Å²) in [4.78, 5) is 36.2. The van der Waals surface area contributed by atoms with Crippen LogP contribution in [0.3, 0.4) is 0 Å². The third-order valence-electron chi connectivity index (χ3n) is 3.66. The van der Waals surface area contributed by atoms with E-state index in [9.17, 15) is 14.4 Å². The summed E-state index contributed by atoms with van der Waals surface area (Å²) in [7, 11) is 1.56. The van der Waals surface area contributed by atoms with Gasteiger partial charge in [-0.3, -0.25) is 14.4 Å². The van der Waals surface area contributed by atoms with Gasteiger partial charge in [-0.05, 0) is 13.8 Å². The molecule has 7 nitrogen and oxygen atoms in total. The number of carboxylic acids is 1. The van der Waals surface area contributed by atoms with E-state index in [-0.39, 0.29) is 18.2 Å². The van der Waals surface area contributed by atoms with Crippen molar-refractivity contribution in [1.29, 1.82) is 0 Å². The number of carbonyl (C=O) groups excluding carboxylic acids is 2. The van der Waals surface area contributed by atoms with E-state index < -0.39 is 23.8 Å². The molecule has 20 heavy (non-hydrogen) atoms. The highest BCUT2D eigenvalue weighted by atomic mass is 16.5. The Labute approximate surface area is 118 Å². The predicted molar refractivity (Wildman–Crippen MR) is 71.0 cm³/mol. The van der Waals surface area contributed by atoms with Gasteiger partial charge in [0.05, 0.1) is 18.4 Å². The van der Waals surface area contributed by atoms with Crippen molar-refractivity contribution in [3.63, 3.8) is 0 Å². The molecule has 2 amide bonds. The molecule has 1 rings (SSSR count). The van der Waals surface area contributed by atoms with E-state index in [2.05, 4.69) is 5.32 Å². The number of rotatable bonds is 7. The van der Waals surface area contributed by atoms with Gasteiger partial charge in [0.2, 0.25) is 11.8 Å². The molecule has 0 spiro atoms. The molecule has 1 aliphatic heterocycles. The fraction of sp³-hybridized carbons (Fsp3) is 0.769. The predicted octanol–water partition coefficient (Wildman–Crippen LogP) is -0.293. The van der Waals surface area contributed by atoms with Crippen molar-refractivity contribution in [2.24, 2.45) is 11.8 Å². The van der Waals surface area contributed by atoms with Gasteiger partial charge in [0.1, 0.15) is 0 Å². The Morgan fingerprint density at radius 2 is 2.15 bits per heavy atom. The van der Waals surface area contributed by atoms with E-state index in [0.29, 0.717) is 19.7 Å². The molecular weight excluding hydrogens is 264 g/mol. The Kier molecular flexibility index (Phi) is 5.94. The molecule has 114 valence electrons. The molecule has 7 heteroatoms. The number of carboxylic acid groups (broad SMARTS) is 1. The monoisotopic (exact) mass is 286 g/mol. The van der Waals surface area contributed by atoms with E-state index >= 15 is 0 Å². The molecule has 0 aliphatic carbocycles. The molecule has 1 aliphatic rings. The smallest absolute Gasteiger partial charge is 0.308 e. The molecule has 0 aromatic carbocycles. The first-order valence-electron chi connectivity index (χ1n) is 6.66. The Morgan fingerprint density at radius 3 is 2.70 bits per heavy atom. The highest BCUT2D eigenvalue weighted by Gasteiger charge is 2.35. The first-order chi connectivity index (χ1) is 9.36. The van der Waals surface area contributed by atoms with Gasteiger partial charge in [0, 0.05) is 32.7 Å². The molecule has 0 aromatic rings. The number of aliphatic carboxylic acids is 1. The highest BCUT2D eigenvalue weighted by molar-refractivity contribution is 5.89. The zero-order valence-corrected chi connectivity index (χ0v) is 12.1. The summed E-state index contributed by atoms with van der Waals surface area (Å²) in [6, 6.07) is -0.469. The Hall–Kier alpha value is -1.63. The maximum absolute atomic E-state index is 12.0. The van der Waals surface area contributed by atoms with Crippen LogP contribution < -0.4 is 5.32 Å². The highest BCUT2D eigenvalue weighted by Crippen LogP contribution is 2.18. The molecule has 2 N–H and O–H groups in total. The molecular formula is C13H22N2O5. The summed E-state index contributed by atoms with van der Waals surface area (Å²) in [6.45, 7) is 4.46. The number of nitrogens with one attached hydrogen (secondary N) is 1. The van der Waals surface area contributed by atoms with E-state index in [1.807, 2.05) is 0 Å². The van der Waals surface area contributed by atoms with Gasteiger partial charge in [-0.25, -0.2) is 0 Å². The summed E-state index contributed by atoms with van der Waals surface area (Å²) >= 11 is 0. The number of carbonyl (C=O) groups is 3. The average Bonchev–Trinajstić information content (AvgIpc) is 2.76. The lowest BCUT2D eigenvalue weighted by atomic mass is 10.0. The zero-order valence-electron chi connectivity index (χ0n) is 12.1. The minimum absolute atomic E-state index is 0.0684. The number of amides is 2. The van der Waals surface area contributed by atoms with Crippen LogP contribution >= 0.6 is 0 Å².